The van der Waals surface area contributed by atoms with Crippen molar-refractivity contribution in [1.82, 2.24) is 0 Å². The third-order valence-electron chi connectivity index (χ3n) is 5.47. The zero-order chi connectivity index (χ0) is 19.7. The molecule has 5 nitrogen and oxygen atoms in total. The number of hydrogen-bond donors (Lipinski definition) is 4. The Kier molecular flexibility index (Phi) is 7.06. The molecule has 1 aromatic carbocycles. The first-order valence-electron chi connectivity index (χ1n) is 9.26. The Morgan fingerprint density at radius 3 is 2.26 bits per heavy atom. The topological polar surface area (TPSA) is 90.2 Å². The normalized spacial score (nSPS) is 37.1. The van der Waals surface area contributed by atoms with Crippen LogP contribution in [-0.2, 0) is 17.6 Å². The molecule has 2 heterocycles. The fraction of sp³-hybridized carbons (Fsp3) is 0.600. The van der Waals surface area contributed by atoms with Gasteiger partial charge >= 0.3 is 0 Å². The second-order valence-electron chi connectivity index (χ2n) is 7.23. The van der Waals surface area contributed by atoms with Gasteiger partial charge in [0.05, 0.1) is 16.7 Å². The molecule has 27 heavy (non-hydrogen) atoms. The lowest BCUT2D eigenvalue weighted by Crippen LogP contribution is -2.61. The van der Waals surface area contributed by atoms with Crippen molar-refractivity contribution in [2.75, 3.05) is 6.61 Å². The van der Waals surface area contributed by atoms with E-state index in [2.05, 4.69) is 54.0 Å². The van der Waals surface area contributed by atoms with Gasteiger partial charge in [-0.05, 0) is 34.9 Å². The van der Waals surface area contributed by atoms with Crippen molar-refractivity contribution in [2.24, 2.45) is 0 Å². The minimum atomic E-state index is -1.34. The summed E-state index contributed by atoms with van der Waals surface area (Å²) in [6, 6.07) is 8.57. The van der Waals surface area contributed by atoms with E-state index in [1.165, 1.54) is 21.6 Å². The van der Waals surface area contributed by atoms with E-state index in [9.17, 15) is 20.4 Å². The molecular formula is C20H27BrO5S. The molecule has 1 aromatic rings. The Morgan fingerprint density at radius 2 is 1.67 bits per heavy atom. The van der Waals surface area contributed by atoms with Crippen molar-refractivity contribution in [1.29, 1.82) is 0 Å². The fourth-order valence-corrected chi connectivity index (χ4v) is 6.24. The summed E-state index contributed by atoms with van der Waals surface area (Å²) in [6.45, 7) is 3.79. The summed E-state index contributed by atoms with van der Waals surface area (Å²) in [5.41, 5.74) is 3.71. The number of aryl methyl sites for hydroxylation is 1. The molecule has 1 saturated heterocycles. The number of hydrogen-bond acceptors (Lipinski definition) is 6. The Bertz CT molecular complexity index is 677. The second kappa shape index (κ2) is 8.95. The van der Waals surface area contributed by atoms with Crippen molar-refractivity contribution < 1.29 is 25.2 Å². The minimum Gasteiger partial charge on any atom is -0.394 e. The fourth-order valence-electron chi connectivity index (χ4n) is 3.61. The molecule has 0 aliphatic carbocycles. The second-order valence-corrected chi connectivity index (χ2v) is 9.49. The van der Waals surface area contributed by atoms with E-state index < -0.39 is 37.1 Å². The number of aliphatic hydroxyl groups is 4. The maximum Gasteiger partial charge on any atom is 0.111 e. The van der Waals surface area contributed by atoms with Gasteiger partial charge in [-0.15, -0.1) is 11.8 Å². The minimum absolute atomic E-state index is 0.0196. The summed E-state index contributed by atoms with van der Waals surface area (Å²) >= 11 is 5.34. The number of rotatable bonds is 5. The van der Waals surface area contributed by atoms with Crippen LogP contribution in [0, 0.1) is 0 Å². The molecule has 0 bridgehead atoms. The quantitative estimate of drug-likeness (QED) is 0.502. The van der Waals surface area contributed by atoms with Crippen LogP contribution in [0.2, 0.25) is 0 Å². The summed E-state index contributed by atoms with van der Waals surface area (Å²) in [5, 5.41) is 39.8. The first-order chi connectivity index (χ1) is 12.9. The SMILES string of the molecule is CCc1ccc(CC2=C(C)C(Br)C([C@@H]3O[C@H](CO)[C@@H](O)[C@H](O)[C@H]3O)S2)cc1. The number of thioether (sulfide) groups is 1. The van der Waals surface area contributed by atoms with Crippen LogP contribution in [0.1, 0.15) is 25.0 Å². The number of benzene rings is 1. The molecule has 0 radical (unpaired) electrons. The van der Waals surface area contributed by atoms with Crippen molar-refractivity contribution >= 4 is 27.7 Å². The van der Waals surface area contributed by atoms with Gasteiger partial charge in [-0.3, -0.25) is 0 Å². The standard InChI is InChI=1S/C20H27BrO5S/c1-3-11-4-6-12(7-5-11)8-14-10(2)15(21)20(27-14)19-18(25)17(24)16(23)13(9-22)26-19/h4-7,13,15-20,22-25H,3,8-9H2,1-2H3/t13-,15?,16-,17+,18-,19-,20?/m1/s1. The van der Waals surface area contributed by atoms with Gasteiger partial charge in [0.15, 0.2) is 0 Å². The molecule has 150 valence electrons. The lowest BCUT2D eigenvalue weighted by molar-refractivity contribution is -0.228. The maximum absolute atomic E-state index is 10.4. The van der Waals surface area contributed by atoms with Gasteiger partial charge in [0.25, 0.3) is 0 Å². The number of ether oxygens (including phenoxy) is 1. The van der Waals surface area contributed by atoms with Crippen molar-refractivity contribution in [3.63, 3.8) is 0 Å². The third-order valence-corrected chi connectivity index (χ3v) is 8.64. The molecule has 2 aliphatic rings. The predicted molar refractivity (Wildman–Crippen MR) is 110 cm³/mol. The van der Waals surface area contributed by atoms with Crippen molar-refractivity contribution in [3.8, 4) is 0 Å². The van der Waals surface area contributed by atoms with E-state index in [1.807, 2.05) is 0 Å². The molecule has 3 rings (SSSR count). The van der Waals surface area contributed by atoms with Gasteiger partial charge < -0.3 is 25.2 Å². The number of halogens is 1. The Morgan fingerprint density at radius 1 is 1.04 bits per heavy atom. The van der Waals surface area contributed by atoms with Crippen LogP contribution in [-0.4, -0.2) is 67.6 Å². The van der Waals surface area contributed by atoms with Gasteiger partial charge in [-0.2, -0.15) is 0 Å². The first-order valence-corrected chi connectivity index (χ1v) is 11.1. The average molecular weight is 459 g/mol. The largest absolute Gasteiger partial charge is 0.394 e. The van der Waals surface area contributed by atoms with Gasteiger partial charge in [-0.1, -0.05) is 47.1 Å². The van der Waals surface area contributed by atoms with Crippen LogP contribution in [0.25, 0.3) is 0 Å². The summed E-state index contributed by atoms with van der Waals surface area (Å²) in [6.07, 6.45) is -3.63. The first kappa shape index (κ1) is 21.3. The van der Waals surface area contributed by atoms with Gasteiger partial charge in [-0.25, -0.2) is 0 Å². The van der Waals surface area contributed by atoms with Crippen LogP contribution in [0.15, 0.2) is 34.7 Å². The predicted octanol–water partition coefficient (Wildman–Crippen LogP) is 1.79. The third kappa shape index (κ3) is 4.29. The van der Waals surface area contributed by atoms with Gasteiger partial charge in [0, 0.05) is 6.42 Å². The van der Waals surface area contributed by atoms with E-state index in [0.29, 0.717) is 0 Å². The van der Waals surface area contributed by atoms with Crippen LogP contribution in [0.4, 0.5) is 0 Å². The molecule has 7 atom stereocenters. The smallest absolute Gasteiger partial charge is 0.111 e. The van der Waals surface area contributed by atoms with E-state index in [0.717, 1.165) is 12.8 Å². The molecule has 4 N–H and O–H groups in total. The highest BCUT2D eigenvalue weighted by Crippen LogP contribution is 2.47. The highest BCUT2D eigenvalue weighted by Gasteiger charge is 2.50. The Hall–Kier alpha value is -0.410. The maximum atomic E-state index is 10.4. The van der Waals surface area contributed by atoms with Gasteiger partial charge in [0.1, 0.15) is 30.5 Å². The van der Waals surface area contributed by atoms with Crippen molar-refractivity contribution in [3.05, 3.63) is 45.9 Å². The lowest BCUT2D eigenvalue weighted by atomic mass is 9.91. The molecule has 2 unspecified atom stereocenters. The van der Waals surface area contributed by atoms with Crippen LogP contribution < -0.4 is 0 Å². The summed E-state index contributed by atoms with van der Waals surface area (Å²) in [5.74, 6) is 0. The molecule has 2 aliphatic heterocycles. The van der Waals surface area contributed by atoms with Crippen LogP contribution >= 0.6 is 27.7 Å². The van der Waals surface area contributed by atoms with E-state index in [-0.39, 0.29) is 10.1 Å². The molecule has 0 saturated carbocycles. The number of aliphatic hydroxyl groups excluding tert-OH is 4. The lowest BCUT2D eigenvalue weighted by Gasteiger charge is -2.43. The number of alkyl halides is 1. The monoisotopic (exact) mass is 458 g/mol. The molecular weight excluding hydrogens is 432 g/mol. The Labute approximate surface area is 172 Å². The molecule has 7 heteroatoms. The van der Waals surface area contributed by atoms with E-state index in [1.54, 1.807) is 11.8 Å². The molecule has 1 fully saturated rings. The van der Waals surface area contributed by atoms with Crippen LogP contribution in [0.3, 0.4) is 0 Å². The summed E-state index contributed by atoms with van der Waals surface area (Å²) in [4.78, 5) is 1.19. The highest BCUT2D eigenvalue weighted by molar-refractivity contribution is 9.09. The van der Waals surface area contributed by atoms with Crippen LogP contribution in [0.5, 0.6) is 0 Å². The van der Waals surface area contributed by atoms with E-state index in [4.69, 9.17) is 4.74 Å². The Balaban J connectivity index is 1.74. The molecule has 0 aromatic heterocycles. The van der Waals surface area contributed by atoms with Gasteiger partial charge in [0.2, 0.25) is 0 Å². The molecule has 0 amide bonds. The average Bonchev–Trinajstić information content (AvgIpc) is 2.95. The van der Waals surface area contributed by atoms with Crippen molar-refractivity contribution in [2.45, 2.75) is 67.3 Å². The summed E-state index contributed by atoms with van der Waals surface area (Å²) in [7, 11) is 0. The zero-order valence-corrected chi connectivity index (χ0v) is 17.9. The highest BCUT2D eigenvalue weighted by atomic mass is 79.9. The van der Waals surface area contributed by atoms with E-state index >= 15 is 0 Å². The summed E-state index contributed by atoms with van der Waals surface area (Å²) < 4.78 is 5.77. The number of allylic oxidation sites excluding steroid dienone is 2. The zero-order valence-electron chi connectivity index (χ0n) is 15.5. The molecule has 0 spiro atoms.